The quantitative estimate of drug-likeness (QED) is 0.103. The van der Waals surface area contributed by atoms with E-state index in [9.17, 15) is 0 Å². The van der Waals surface area contributed by atoms with E-state index in [2.05, 4.69) is 0 Å². The summed E-state index contributed by atoms with van der Waals surface area (Å²) in [5.41, 5.74) is 0. The van der Waals surface area contributed by atoms with Crippen molar-refractivity contribution in [1.29, 1.82) is 0 Å². The van der Waals surface area contributed by atoms with E-state index in [1.54, 1.807) is 0 Å². The van der Waals surface area contributed by atoms with Gasteiger partial charge in [-0.1, -0.05) is 0 Å². The van der Waals surface area contributed by atoms with Crippen LogP contribution < -0.4 is 207 Å². The van der Waals surface area contributed by atoms with E-state index >= 15 is 0 Å². The molecule has 0 aliphatic heterocycles. The van der Waals surface area contributed by atoms with Crippen LogP contribution in [0.2, 0.25) is 0 Å². The van der Waals surface area contributed by atoms with E-state index in [0.29, 0.717) is 0 Å². The van der Waals surface area contributed by atoms with Crippen LogP contribution in [0.15, 0.2) is 0 Å². The summed E-state index contributed by atoms with van der Waals surface area (Å²) in [7, 11) is -7.80. The largest absolute Gasteiger partial charge is 1.00 e. The molecule has 25 heteroatoms. The van der Waals surface area contributed by atoms with Crippen LogP contribution in [-0.4, -0.2) is 85.4 Å². The minimum atomic E-state index is -4.67. The van der Waals surface area contributed by atoms with Crippen LogP contribution in [0, 0.1) is 0 Å². The molecule has 0 aromatic carbocycles. The molecule has 0 aliphatic carbocycles. The third kappa shape index (κ3) is 1410. The van der Waals surface area contributed by atoms with Gasteiger partial charge in [-0.2, -0.15) is 8.42 Å². The van der Waals surface area contributed by atoms with Crippen molar-refractivity contribution in [2.24, 2.45) is 0 Å². The predicted molar refractivity (Wildman–Crippen MR) is 64.8 cm³/mol. The Morgan fingerprint density at radius 1 is 0.571 bits per heavy atom. The molecule has 0 spiro atoms. The summed E-state index contributed by atoms with van der Waals surface area (Å²) in [5, 5.41) is 41.8. The Labute approximate surface area is 325 Å². The zero-order valence-corrected chi connectivity index (χ0v) is 32.1. The molecule has 142 valence electrons. The van der Waals surface area contributed by atoms with Gasteiger partial charge < -0.3 is 50.2 Å². The molecule has 0 amide bonds. The summed E-state index contributed by atoms with van der Waals surface area (Å²) in [6.45, 7) is 0. The average Bonchev–Trinajstić information content (AvgIpc) is 1.91. The fraction of sp³-hybridized carbons (Fsp3) is 0. The first kappa shape index (κ1) is 76.8. The third-order valence-corrected chi connectivity index (χ3v) is 0. The first-order valence-corrected chi connectivity index (χ1v) is 6.00. The molecule has 0 radical (unpaired) electrons. The van der Waals surface area contributed by atoms with Crippen LogP contribution >= 0.6 is 0 Å². The van der Waals surface area contributed by atoms with Gasteiger partial charge >= 0.3 is 245 Å². The Morgan fingerprint density at radius 2 is 0.571 bits per heavy atom. The fourth-order valence-electron chi connectivity index (χ4n) is 0. The Kier molecular flexibility index (Phi) is 158. The number of carbonyl (C=O) groups is 3. The molecule has 0 saturated carbocycles. The van der Waals surface area contributed by atoms with Crippen LogP contribution in [0.5, 0.6) is 0 Å². The summed E-state index contributed by atoms with van der Waals surface area (Å²) in [6.07, 6.45) is -5.50. The van der Waals surface area contributed by atoms with Crippen molar-refractivity contribution in [2.45, 2.75) is 0 Å². The molecule has 10 N–H and O–H groups in total. The molecule has 0 aromatic heterocycles. The molecule has 0 fully saturated rings. The standard InChI is InChI=1S/3CH2O3.7Na.H2O4S.H2O3Si.7H/c3*2-1(3)4;;;;;;;;1-5(2,3)4;1-4(2)3;;;;;;;/h3*(H2,2,3,4);;;;;;;;(H2,1,2,3,4);1-2H;;;;;;;/q;;;7*+1;;;7*-1. The zero-order chi connectivity index (χ0) is 18.8. The SMILES string of the molecule is O=C(O)O.O=C(O)O.O=C(O)O.O=S(=O)(O)O.O=[Si](O)O.[H-].[H-].[H-].[H-].[H-].[H-].[H-].[Na+].[Na+].[Na+].[Na+].[Na+].[Na+].[Na+]. The maximum atomic E-state index is 8.74. The van der Waals surface area contributed by atoms with E-state index in [0.717, 1.165) is 0 Å². The minimum Gasteiger partial charge on any atom is -1.00 e. The third-order valence-electron chi connectivity index (χ3n) is 0. The van der Waals surface area contributed by atoms with E-state index in [1.807, 2.05) is 0 Å². The molecule has 0 aromatic rings. The van der Waals surface area contributed by atoms with Gasteiger partial charge in [0.05, 0.1) is 0 Å². The van der Waals surface area contributed by atoms with Gasteiger partial charge in [0, 0.05) is 0 Å². The Bertz CT molecular complexity index is 370. The molecular weight excluding hydrogens is 513 g/mol. The average molecular weight is 530 g/mol. The van der Waals surface area contributed by atoms with Gasteiger partial charge in [0.1, 0.15) is 0 Å². The molecule has 0 bridgehead atoms. The summed E-state index contributed by atoms with van der Waals surface area (Å²) < 4.78 is 40.3. The van der Waals surface area contributed by atoms with Gasteiger partial charge in [-0.3, -0.25) is 13.6 Å². The van der Waals surface area contributed by atoms with Gasteiger partial charge in [0.15, 0.2) is 0 Å². The molecule has 0 aliphatic rings. The fourth-order valence-corrected chi connectivity index (χ4v) is 0. The van der Waals surface area contributed by atoms with Gasteiger partial charge in [0.25, 0.3) is 0 Å². The molecule has 0 unspecified atom stereocenters. The summed E-state index contributed by atoms with van der Waals surface area (Å²) >= 11 is 0. The van der Waals surface area contributed by atoms with Crippen LogP contribution in [0.25, 0.3) is 0 Å². The Morgan fingerprint density at radius 3 is 0.571 bits per heavy atom. The first-order chi connectivity index (χ1) is 8.93. The number of hydrogen-bond acceptors (Lipinski definition) is 6. The number of rotatable bonds is 0. The van der Waals surface area contributed by atoms with Crippen LogP contribution in [0.1, 0.15) is 9.99 Å². The summed E-state index contributed by atoms with van der Waals surface area (Å²) in [4.78, 5) is 40.0. The maximum absolute atomic E-state index is 8.74. The van der Waals surface area contributed by atoms with E-state index in [1.165, 1.54) is 0 Å². The van der Waals surface area contributed by atoms with E-state index in [-0.39, 0.29) is 217 Å². The van der Waals surface area contributed by atoms with Crippen LogP contribution in [-0.2, 0) is 14.9 Å². The first-order valence-electron chi connectivity index (χ1n) is 3.30. The van der Waals surface area contributed by atoms with Crippen LogP contribution in [0.3, 0.4) is 0 Å². The van der Waals surface area contributed by atoms with Gasteiger partial charge in [0.2, 0.25) is 0 Å². The second-order valence-electron chi connectivity index (χ2n) is 1.58. The topological polar surface area (TPSA) is 305 Å². The predicted octanol–water partition coefficient (Wildman–Crippen LogP) is -21.8. The van der Waals surface area contributed by atoms with Crippen molar-refractivity contribution in [2.75, 3.05) is 0 Å². The van der Waals surface area contributed by atoms with Gasteiger partial charge in [-0.15, -0.1) is 0 Å². The molecule has 0 heterocycles. The Hall–Kier alpha value is 4.30. The van der Waals surface area contributed by atoms with Gasteiger partial charge in [-0.05, 0) is 0 Å². The van der Waals surface area contributed by atoms with E-state index < -0.39 is 38.0 Å². The minimum absolute atomic E-state index is 0. The normalized spacial score (nSPS) is 5.50. The smallest absolute Gasteiger partial charge is 1.00 e. The Balaban J connectivity index is -0.00000000490. The van der Waals surface area contributed by atoms with Crippen molar-refractivity contribution in [1.82, 2.24) is 0 Å². The van der Waals surface area contributed by atoms with Crippen molar-refractivity contribution in [3.05, 3.63) is 0 Å². The van der Waals surface area contributed by atoms with Crippen molar-refractivity contribution in [3.8, 4) is 0 Å². The second-order valence-corrected chi connectivity index (χ2v) is 3.04. The van der Waals surface area contributed by atoms with Crippen molar-refractivity contribution < 1.29 is 293 Å². The molecule has 28 heavy (non-hydrogen) atoms. The van der Waals surface area contributed by atoms with E-state index in [4.69, 9.17) is 76.6 Å². The molecule has 0 atom stereocenters. The number of hydrogen-bond donors (Lipinski definition) is 10. The van der Waals surface area contributed by atoms with Crippen LogP contribution in [0.4, 0.5) is 14.4 Å². The van der Waals surface area contributed by atoms with Gasteiger partial charge in [-0.25, -0.2) is 14.4 Å². The monoisotopic (exact) mass is 530 g/mol. The summed E-state index contributed by atoms with van der Waals surface area (Å²) in [5.74, 6) is 0. The molecular formula is C3H17Na7O16SSi. The summed E-state index contributed by atoms with van der Waals surface area (Å²) in [6, 6.07) is 0. The molecule has 0 rings (SSSR count). The molecule has 16 nitrogen and oxygen atoms in total. The second kappa shape index (κ2) is 57.8. The zero-order valence-electron chi connectivity index (χ0n) is 23.3. The van der Waals surface area contributed by atoms with Crippen molar-refractivity contribution >= 4 is 38.0 Å². The molecule has 0 saturated heterocycles. The number of carboxylic acid groups (broad SMARTS) is 6. The maximum Gasteiger partial charge on any atom is 1.00 e. The van der Waals surface area contributed by atoms with Crippen molar-refractivity contribution in [3.63, 3.8) is 0 Å².